The van der Waals surface area contributed by atoms with Gasteiger partial charge in [0.25, 0.3) is 11.7 Å². The Balaban J connectivity index is 1.88. The monoisotopic (exact) mass is 531 g/mol. The number of benzene rings is 3. The van der Waals surface area contributed by atoms with Crippen molar-refractivity contribution in [2.24, 2.45) is 0 Å². The number of nitrogens with zero attached hydrogens (tertiary/aromatic N) is 1. The number of Topliss-reactive ketones (excluding diaryl/α,β-unsaturated/α-hetero) is 1. The minimum absolute atomic E-state index is 0.0475. The number of hydrogen-bond acceptors (Lipinski definition) is 5. The number of amides is 1. The standard InChI is InChI=1S/C27H21ClF3NO5/c1-36-20-13-21(37-2)19(28)12-18(20)24(33)22-23(16-8-4-3-5-9-16)32(26(35)25(22)34)14-15-7-6-10-17(11-15)27(29,30)31/h3-13,23,33H,14H2,1-2H3/b24-22+. The summed E-state index contributed by atoms with van der Waals surface area (Å²) in [5.74, 6) is -2.10. The number of ether oxygens (including phenoxy) is 2. The van der Waals surface area contributed by atoms with Crippen molar-refractivity contribution < 1.29 is 37.3 Å². The van der Waals surface area contributed by atoms with Crippen LogP contribution in [0.1, 0.15) is 28.3 Å². The number of likely N-dealkylation sites (tertiary alicyclic amines) is 1. The molecule has 1 unspecified atom stereocenters. The molecule has 0 spiro atoms. The van der Waals surface area contributed by atoms with Crippen LogP contribution in [0.25, 0.3) is 5.76 Å². The normalized spacial score (nSPS) is 17.2. The summed E-state index contributed by atoms with van der Waals surface area (Å²) in [7, 11) is 2.75. The Labute approximate surface area is 215 Å². The summed E-state index contributed by atoms with van der Waals surface area (Å²) in [6.45, 7) is -0.300. The Morgan fingerprint density at radius 2 is 1.65 bits per heavy atom. The molecule has 6 nitrogen and oxygen atoms in total. The highest BCUT2D eigenvalue weighted by molar-refractivity contribution is 6.46. The number of hydrogen-bond donors (Lipinski definition) is 1. The lowest BCUT2D eigenvalue weighted by atomic mass is 9.94. The molecule has 1 aliphatic rings. The zero-order chi connectivity index (χ0) is 26.9. The van der Waals surface area contributed by atoms with Gasteiger partial charge in [0.2, 0.25) is 0 Å². The molecule has 3 aromatic carbocycles. The highest BCUT2D eigenvalue weighted by Crippen LogP contribution is 2.43. The molecule has 192 valence electrons. The van der Waals surface area contributed by atoms with Crippen molar-refractivity contribution in [3.63, 3.8) is 0 Å². The quantitative estimate of drug-likeness (QED) is 0.240. The number of ketones is 1. The lowest BCUT2D eigenvalue weighted by Gasteiger charge is -2.26. The summed E-state index contributed by atoms with van der Waals surface area (Å²) in [6, 6.07) is 14.6. The molecular formula is C27H21ClF3NO5. The molecule has 1 aliphatic heterocycles. The fourth-order valence-electron chi connectivity index (χ4n) is 4.26. The summed E-state index contributed by atoms with van der Waals surface area (Å²) in [4.78, 5) is 27.6. The first kappa shape index (κ1) is 26.1. The van der Waals surface area contributed by atoms with Crippen LogP contribution < -0.4 is 9.47 Å². The van der Waals surface area contributed by atoms with E-state index in [1.54, 1.807) is 30.3 Å². The van der Waals surface area contributed by atoms with Gasteiger partial charge in [0.1, 0.15) is 17.3 Å². The van der Waals surface area contributed by atoms with Gasteiger partial charge >= 0.3 is 6.18 Å². The zero-order valence-electron chi connectivity index (χ0n) is 19.7. The molecule has 1 heterocycles. The first-order valence-electron chi connectivity index (χ1n) is 11.0. The van der Waals surface area contributed by atoms with Crippen LogP contribution in [0.2, 0.25) is 5.02 Å². The summed E-state index contributed by atoms with van der Waals surface area (Å²) >= 11 is 6.25. The average Bonchev–Trinajstić information content (AvgIpc) is 3.13. The van der Waals surface area contributed by atoms with E-state index >= 15 is 0 Å². The molecule has 1 atom stereocenters. The SMILES string of the molecule is COc1cc(OC)c(/C(O)=C2\C(=O)C(=O)N(Cc3cccc(C(F)(F)F)c3)C2c2ccccc2)cc1Cl. The van der Waals surface area contributed by atoms with E-state index in [9.17, 15) is 27.9 Å². The molecule has 1 fully saturated rings. The fraction of sp³-hybridized carbons (Fsp3) is 0.185. The van der Waals surface area contributed by atoms with Crippen molar-refractivity contribution in [3.05, 3.63) is 99.6 Å². The van der Waals surface area contributed by atoms with Crippen LogP contribution in [0.15, 0.2) is 72.3 Å². The molecule has 0 aliphatic carbocycles. The van der Waals surface area contributed by atoms with Crippen LogP contribution >= 0.6 is 11.6 Å². The molecule has 0 aromatic heterocycles. The summed E-state index contributed by atoms with van der Waals surface area (Å²) in [5.41, 5.74) is -0.430. The van der Waals surface area contributed by atoms with E-state index in [0.717, 1.165) is 17.0 Å². The van der Waals surface area contributed by atoms with E-state index in [1.165, 1.54) is 38.5 Å². The van der Waals surface area contributed by atoms with Crippen molar-refractivity contribution in [2.45, 2.75) is 18.8 Å². The highest BCUT2D eigenvalue weighted by atomic mass is 35.5. The maximum atomic E-state index is 13.3. The molecule has 1 amide bonds. The largest absolute Gasteiger partial charge is 0.507 e. The second-order valence-electron chi connectivity index (χ2n) is 8.22. The van der Waals surface area contributed by atoms with Crippen LogP contribution in [0.5, 0.6) is 11.5 Å². The molecule has 1 N–H and O–H groups in total. The number of carbonyl (C=O) groups excluding carboxylic acids is 2. The van der Waals surface area contributed by atoms with Crippen LogP contribution in [0, 0.1) is 0 Å². The van der Waals surface area contributed by atoms with Gasteiger partial charge in [0.05, 0.1) is 42.0 Å². The average molecular weight is 532 g/mol. The third-order valence-corrected chi connectivity index (χ3v) is 6.29. The van der Waals surface area contributed by atoms with Crippen LogP contribution in [0.4, 0.5) is 13.2 Å². The van der Waals surface area contributed by atoms with Gasteiger partial charge in [-0.1, -0.05) is 54.1 Å². The zero-order valence-corrected chi connectivity index (χ0v) is 20.4. The van der Waals surface area contributed by atoms with Crippen molar-refractivity contribution in [1.82, 2.24) is 4.90 Å². The van der Waals surface area contributed by atoms with E-state index in [-0.39, 0.29) is 39.8 Å². The number of carbonyl (C=O) groups is 2. The number of aliphatic hydroxyl groups excluding tert-OH is 1. The van der Waals surface area contributed by atoms with Crippen LogP contribution in [0.3, 0.4) is 0 Å². The molecule has 0 bridgehead atoms. The summed E-state index contributed by atoms with van der Waals surface area (Å²) in [5, 5.41) is 11.5. The first-order chi connectivity index (χ1) is 17.6. The van der Waals surface area contributed by atoms with E-state index in [4.69, 9.17) is 21.1 Å². The second kappa shape index (κ2) is 10.2. The molecule has 10 heteroatoms. The summed E-state index contributed by atoms with van der Waals surface area (Å²) < 4.78 is 50.3. The topological polar surface area (TPSA) is 76.1 Å². The highest BCUT2D eigenvalue weighted by Gasteiger charge is 2.46. The Morgan fingerprint density at radius 1 is 0.973 bits per heavy atom. The van der Waals surface area contributed by atoms with Crippen molar-refractivity contribution in [3.8, 4) is 11.5 Å². The maximum Gasteiger partial charge on any atom is 0.416 e. The molecule has 0 saturated carbocycles. The molecule has 37 heavy (non-hydrogen) atoms. The molecule has 3 aromatic rings. The Hall–Kier alpha value is -3.98. The van der Waals surface area contributed by atoms with Gasteiger partial charge in [-0.15, -0.1) is 0 Å². The predicted molar refractivity (Wildman–Crippen MR) is 130 cm³/mol. The van der Waals surface area contributed by atoms with Gasteiger partial charge in [0, 0.05) is 12.6 Å². The van der Waals surface area contributed by atoms with Gasteiger partial charge in [0.15, 0.2) is 0 Å². The Morgan fingerprint density at radius 3 is 2.27 bits per heavy atom. The van der Waals surface area contributed by atoms with Gasteiger partial charge in [-0.2, -0.15) is 13.2 Å². The maximum absolute atomic E-state index is 13.3. The van der Waals surface area contributed by atoms with E-state index < -0.39 is 35.2 Å². The number of aliphatic hydroxyl groups is 1. The van der Waals surface area contributed by atoms with Crippen LogP contribution in [-0.4, -0.2) is 35.9 Å². The minimum Gasteiger partial charge on any atom is -0.507 e. The van der Waals surface area contributed by atoms with E-state index in [1.807, 2.05) is 0 Å². The number of halogens is 4. The smallest absolute Gasteiger partial charge is 0.416 e. The number of methoxy groups -OCH3 is 2. The van der Waals surface area contributed by atoms with Gasteiger partial charge in [-0.25, -0.2) is 0 Å². The lowest BCUT2D eigenvalue weighted by Crippen LogP contribution is -2.29. The third-order valence-electron chi connectivity index (χ3n) is 5.99. The molecule has 0 radical (unpaired) electrons. The van der Waals surface area contributed by atoms with Crippen molar-refractivity contribution in [1.29, 1.82) is 0 Å². The third kappa shape index (κ3) is 4.99. The summed E-state index contributed by atoms with van der Waals surface area (Å²) in [6.07, 6.45) is -4.58. The second-order valence-corrected chi connectivity index (χ2v) is 8.63. The lowest BCUT2D eigenvalue weighted by molar-refractivity contribution is -0.140. The van der Waals surface area contributed by atoms with Crippen LogP contribution in [-0.2, 0) is 22.3 Å². The van der Waals surface area contributed by atoms with Crippen molar-refractivity contribution >= 4 is 29.1 Å². The fourth-order valence-corrected chi connectivity index (χ4v) is 4.50. The first-order valence-corrected chi connectivity index (χ1v) is 11.4. The minimum atomic E-state index is -4.58. The van der Waals surface area contributed by atoms with E-state index in [0.29, 0.717) is 5.56 Å². The number of rotatable bonds is 6. The Kier molecular flexibility index (Phi) is 7.18. The predicted octanol–water partition coefficient (Wildman–Crippen LogP) is 6.00. The number of alkyl halides is 3. The molecular weight excluding hydrogens is 511 g/mol. The molecule has 1 saturated heterocycles. The van der Waals surface area contributed by atoms with Gasteiger partial charge < -0.3 is 19.5 Å². The molecule has 4 rings (SSSR count). The van der Waals surface area contributed by atoms with Gasteiger partial charge in [-0.3, -0.25) is 9.59 Å². The Bertz CT molecular complexity index is 1390. The van der Waals surface area contributed by atoms with E-state index in [2.05, 4.69) is 0 Å². The van der Waals surface area contributed by atoms with Crippen molar-refractivity contribution in [2.75, 3.05) is 14.2 Å². The van der Waals surface area contributed by atoms with Gasteiger partial charge in [-0.05, 0) is 29.3 Å².